The van der Waals surface area contributed by atoms with Gasteiger partial charge >= 0.3 is 5.97 Å². The number of carboxylic acid groups (broad SMARTS) is 1. The Hall–Kier alpha value is -1.42. The highest BCUT2D eigenvalue weighted by molar-refractivity contribution is 5.70. The summed E-state index contributed by atoms with van der Waals surface area (Å²) in [5.74, 6) is -1.07. The Morgan fingerprint density at radius 3 is 2.65 bits per heavy atom. The second kappa shape index (κ2) is 6.35. The molecule has 2 rings (SSSR count). The zero-order valence-electron chi connectivity index (χ0n) is 12.0. The Morgan fingerprint density at radius 1 is 1.45 bits per heavy atom. The molecule has 3 nitrogen and oxygen atoms in total. The second-order valence-corrected chi connectivity index (χ2v) is 5.53. The van der Waals surface area contributed by atoms with Gasteiger partial charge < -0.3 is 10.4 Å². The summed E-state index contributed by atoms with van der Waals surface area (Å²) < 4.78 is 14.2. The fraction of sp³-hybridized carbons (Fsp3) is 0.562. The van der Waals surface area contributed by atoms with E-state index in [1.165, 1.54) is 0 Å². The fourth-order valence-electron chi connectivity index (χ4n) is 3.00. The predicted octanol–water partition coefficient (Wildman–Crippen LogP) is 3.46. The third-order valence-electron chi connectivity index (χ3n) is 4.33. The molecule has 110 valence electrons. The quantitative estimate of drug-likeness (QED) is 0.867. The van der Waals surface area contributed by atoms with E-state index in [1.54, 1.807) is 6.07 Å². The van der Waals surface area contributed by atoms with Crippen LogP contribution in [0.3, 0.4) is 0 Å². The SMILES string of the molecule is CCC(CC)c1ccc(C2CC(C(=O)O)CN2)cc1F. The summed E-state index contributed by atoms with van der Waals surface area (Å²) in [5.41, 5.74) is 1.62. The average molecular weight is 279 g/mol. The highest BCUT2D eigenvalue weighted by Gasteiger charge is 2.30. The van der Waals surface area contributed by atoms with Gasteiger partial charge in [-0.05, 0) is 42.4 Å². The summed E-state index contributed by atoms with van der Waals surface area (Å²) in [6.45, 7) is 4.59. The van der Waals surface area contributed by atoms with Crippen molar-refractivity contribution in [3.05, 3.63) is 35.1 Å². The van der Waals surface area contributed by atoms with Crippen LogP contribution in [0.4, 0.5) is 4.39 Å². The standard InChI is InChI=1S/C16H22FNO2/c1-3-10(4-2)13-6-5-11(7-14(13)17)15-8-12(9-18-15)16(19)20/h5-7,10,12,15,18H,3-4,8-9H2,1-2H3,(H,19,20). The predicted molar refractivity (Wildman–Crippen MR) is 76.2 cm³/mol. The molecular weight excluding hydrogens is 257 g/mol. The molecule has 1 saturated heterocycles. The molecule has 1 fully saturated rings. The summed E-state index contributed by atoms with van der Waals surface area (Å²) >= 11 is 0. The molecule has 20 heavy (non-hydrogen) atoms. The van der Waals surface area contributed by atoms with Gasteiger partial charge in [0.25, 0.3) is 0 Å². The van der Waals surface area contributed by atoms with E-state index in [0.717, 1.165) is 24.0 Å². The number of hydrogen-bond acceptors (Lipinski definition) is 2. The van der Waals surface area contributed by atoms with E-state index in [0.29, 0.717) is 13.0 Å². The summed E-state index contributed by atoms with van der Waals surface area (Å²) in [7, 11) is 0. The number of hydrogen-bond donors (Lipinski definition) is 2. The van der Waals surface area contributed by atoms with Gasteiger partial charge in [-0.25, -0.2) is 4.39 Å². The molecular formula is C16H22FNO2. The van der Waals surface area contributed by atoms with Crippen molar-refractivity contribution in [3.63, 3.8) is 0 Å². The van der Waals surface area contributed by atoms with Gasteiger partial charge in [-0.1, -0.05) is 26.0 Å². The maximum atomic E-state index is 14.2. The highest BCUT2D eigenvalue weighted by Crippen LogP contribution is 2.31. The summed E-state index contributed by atoms with van der Waals surface area (Å²) in [6.07, 6.45) is 2.38. The molecule has 1 aliphatic heterocycles. The number of rotatable bonds is 5. The van der Waals surface area contributed by atoms with Gasteiger partial charge in [0.15, 0.2) is 0 Å². The van der Waals surface area contributed by atoms with Crippen LogP contribution in [0, 0.1) is 11.7 Å². The van der Waals surface area contributed by atoms with Crippen molar-refractivity contribution in [2.24, 2.45) is 5.92 Å². The third kappa shape index (κ3) is 3.01. The smallest absolute Gasteiger partial charge is 0.307 e. The van der Waals surface area contributed by atoms with Gasteiger partial charge in [-0.2, -0.15) is 0 Å². The van der Waals surface area contributed by atoms with Crippen LogP contribution >= 0.6 is 0 Å². The number of halogens is 1. The van der Waals surface area contributed by atoms with Gasteiger partial charge in [0.1, 0.15) is 5.82 Å². The van der Waals surface area contributed by atoms with E-state index in [9.17, 15) is 9.18 Å². The molecule has 0 radical (unpaired) electrons. The van der Waals surface area contributed by atoms with Crippen LogP contribution in [0.1, 0.15) is 56.2 Å². The van der Waals surface area contributed by atoms with Crippen molar-refractivity contribution in [2.45, 2.75) is 45.1 Å². The summed E-state index contributed by atoms with van der Waals surface area (Å²) in [4.78, 5) is 11.0. The van der Waals surface area contributed by atoms with Crippen LogP contribution in [0.25, 0.3) is 0 Å². The second-order valence-electron chi connectivity index (χ2n) is 5.53. The van der Waals surface area contributed by atoms with E-state index in [4.69, 9.17) is 5.11 Å². The van der Waals surface area contributed by atoms with Crippen LogP contribution < -0.4 is 5.32 Å². The highest BCUT2D eigenvalue weighted by atomic mass is 19.1. The molecule has 4 heteroatoms. The molecule has 1 aromatic rings. The zero-order chi connectivity index (χ0) is 14.7. The Balaban J connectivity index is 2.15. The van der Waals surface area contributed by atoms with E-state index >= 15 is 0 Å². The van der Waals surface area contributed by atoms with E-state index < -0.39 is 5.97 Å². The Bertz CT molecular complexity index is 485. The topological polar surface area (TPSA) is 49.3 Å². The Labute approximate surface area is 119 Å². The van der Waals surface area contributed by atoms with Crippen molar-refractivity contribution in [2.75, 3.05) is 6.54 Å². The van der Waals surface area contributed by atoms with Crippen molar-refractivity contribution >= 4 is 5.97 Å². The minimum absolute atomic E-state index is 0.0543. The molecule has 0 bridgehead atoms. The number of carbonyl (C=O) groups is 1. The van der Waals surface area contributed by atoms with Crippen LogP contribution in [0.15, 0.2) is 18.2 Å². The first-order chi connectivity index (χ1) is 9.56. The first-order valence-electron chi connectivity index (χ1n) is 7.32. The van der Waals surface area contributed by atoms with Gasteiger partial charge in [0.05, 0.1) is 5.92 Å². The molecule has 0 aromatic heterocycles. The molecule has 0 saturated carbocycles. The zero-order valence-corrected chi connectivity index (χ0v) is 12.0. The molecule has 1 aromatic carbocycles. The van der Waals surface area contributed by atoms with Gasteiger partial charge in [0.2, 0.25) is 0 Å². The summed E-state index contributed by atoms with van der Waals surface area (Å²) in [5, 5.41) is 12.2. The lowest BCUT2D eigenvalue weighted by atomic mass is 9.91. The average Bonchev–Trinajstić information content (AvgIpc) is 2.91. The van der Waals surface area contributed by atoms with E-state index in [2.05, 4.69) is 19.2 Å². The molecule has 0 amide bonds. The Kier molecular flexibility index (Phi) is 4.76. The lowest BCUT2D eigenvalue weighted by Crippen LogP contribution is -2.17. The molecule has 1 heterocycles. The van der Waals surface area contributed by atoms with Crippen LogP contribution in [0.2, 0.25) is 0 Å². The lowest BCUT2D eigenvalue weighted by molar-refractivity contribution is -0.141. The van der Waals surface area contributed by atoms with Gasteiger partial charge in [-0.15, -0.1) is 0 Å². The first-order valence-corrected chi connectivity index (χ1v) is 7.32. The number of carboxylic acids is 1. The van der Waals surface area contributed by atoms with E-state index in [1.807, 2.05) is 12.1 Å². The summed E-state index contributed by atoms with van der Waals surface area (Å²) in [6, 6.07) is 5.30. The molecule has 2 N–H and O–H groups in total. The fourth-order valence-corrected chi connectivity index (χ4v) is 3.00. The van der Waals surface area contributed by atoms with Crippen molar-refractivity contribution in [3.8, 4) is 0 Å². The van der Waals surface area contributed by atoms with E-state index in [-0.39, 0.29) is 23.7 Å². The normalized spacial score (nSPS) is 22.4. The Morgan fingerprint density at radius 2 is 2.15 bits per heavy atom. The van der Waals surface area contributed by atoms with Crippen molar-refractivity contribution < 1.29 is 14.3 Å². The van der Waals surface area contributed by atoms with Crippen LogP contribution in [-0.2, 0) is 4.79 Å². The van der Waals surface area contributed by atoms with Crippen LogP contribution in [-0.4, -0.2) is 17.6 Å². The van der Waals surface area contributed by atoms with Gasteiger partial charge in [0, 0.05) is 12.6 Å². The minimum Gasteiger partial charge on any atom is -0.481 e. The number of aliphatic carboxylic acids is 1. The lowest BCUT2D eigenvalue weighted by Gasteiger charge is -2.17. The number of benzene rings is 1. The third-order valence-corrected chi connectivity index (χ3v) is 4.33. The minimum atomic E-state index is -0.783. The van der Waals surface area contributed by atoms with Crippen molar-refractivity contribution in [1.29, 1.82) is 0 Å². The molecule has 2 atom stereocenters. The molecule has 1 aliphatic rings. The monoisotopic (exact) mass is 279 g/mol. The van der Waals surface area contributed by atoms with Crippen LogP contribution in [0.5, 0.6) is 0 Å². The largest absolute Gasteiger partial charge is 0.481 e. The molecule has 0 aliphatic carbocycles. The first kappa shape index (κ1) is 15.0. The van der Waals surface area contributed by atoms with Gasteiger partial charge in [-0.3, -0.25) is 4.79 Å². The maximum Gasteiger partial charge on any atom is 0.307 e. The number of nitrogens with one attached hydrogen (secondary N) is 1. The molecule has 0 spiro atoms. The van der Waals surface area contributed by atoms with Crippen molar-refractivity contribution in [1.82, 2.24) is 5.32 Å². The maximum absolute atomic E-state index is 14.2. The molecule has 2 unspecified atom stereocenters.